The molecule has 1 aliphatic rings. The standard InChI is InChI=1S/C18H19N5OS/c1-18(2)10-8-13-14(9-11-18)25-17(21-13)23-15(19)22-16(24)20-12-6-4-3-5-7-12/h3-11H,1-2H3,(H4,19,20,21,22,23,24). The number of nitrogens with zero attached hydrogens (tertiary/aromatic N) is 2. The highest BCUT2D eigenvalue weighted by atomic mass is 32.1. The lowest BCUT2D eigenvalue weighted by atomic mass is 9.93. The van der Waals surface area contributed by atoms with Gasteiger partial charge in [0.1, 0.15) is 0 Å². The highest BCUT2D eigenvalue weighted by Gasteiger charge is 2.15. The van der Waals surface area contributed by atoms with Crippen LogP contribution in [0.5, 0.6) is 0 Å². The van der Waals surface area contributed by atoms with Crippen molar-refractivity contribution in [3.8, 4) is 0 Å². The van der Waals surface area contributed by atoms with Crippen LogP contribution in [-0.2, 0) is 0 Å². The fourth-order valence-corrected chi connectivity index (χ4v) is 3.03. The van der Waals surface area contributed by atoms with Gasteiger partial charge in [0.25, 0.3) is 0 Å². The molecule has 0 saturated carbocycles. The molecule has 1 aromatic heterocycles. The van der Waals surface area contributed by atoms with Crippen molar-refractivity contribution in [2.75, 3.05) is 5.32 Å². The van der Waals surface area contributed by atoms with Crippen molar-refractivity contribution in [2.45, 2.75) is 13.8 Å². The van der Waals surface area contributed by atoms with Crippen molar-refractivity contribution in [3.05, 3.63) is 53.1 Å². The average Bonchev–Trinajstić information content (AvgIpc) is 2.87. The number of carbonyl (C=O) groups is 1. The number of urea groups is 1. The van der Waals surface area contributed by atoms with Gasteiger partial charge < -0.3 is 11.1 Å². The van der Waals surface area contributed by atoms with Gasteiger partial charge in [0.05, 0.1) is 10.6 Å². The van der Waals surface area contributed by atoms with Crippen molar-refractivity contribution in [3.63, 3.8) is 0 Å². The van der Waals surface area contributed by atoms with Crippen LogP contribution in [-0.4, -0.2) is 17.0 Å². The molecule has 0 bridgehead atoms. The average molecular weight is 353 g/mol. The molecule has 2 aromatic rings. The lowest BCUT2D eigenvalue weighted by Crippen LogP contribution is -2.39. The number of nitrogens with one attached hydrogen (secondary N) is 2. The fraction of sp³-hybridized carbons (Fsp3) is 0.167. The van der Waals surface area contributed by atoms with E-state index in [0.29, 0.717) is 10.8 Å². The number of allylic oxidation sites excluding steroid dienone is 2. The number of nitrogens with two attached hydrogens (primary N) is 1. The first kappa shape index (κ1) is 16.9. The first-order valence-corrected chi connectivity index (χ1v) is 8.59. The number of guanidine groups is 1. The number of aliphatic imine (C=N–C) groups is 1. The van der Waals surface area contributed by atoms with Gasteiger partial charge in [0.15, 0.2) is 0 Å². The minimum absolute atomic E-state index is 0.0000384. The molecule has 0 unspecified atom stereocenters. The van der Waals surface area contributed by atoms with Gasteiger partial charge >= 0.3 is 6.03 Å². The second-order valence-corrected chi connectivity index (χ2v) is 7.19. The summed E-state index contributed by atoms with van der Waals surface area (Å²) in [6.07, 6.45) is 8.24. The molecular weight excluding hydrogens is 334 g/mol. The maximum atomic E-state index is 11.9. The molecule has 0 radical (unpaired) electrons. The summed E-state index contributed by atoms with van der Waals surface area (Å²) in [5, 5.41) is 5.66. The molecular formula is C18H19N5OS. The maximum absolute atomic E-state index is 11.9. The number of aromatic nitrogens is 1. The monoisotopic (exact) mass is 353 g/mol. The number of hydrogen-bond donors (Lipinski definition) is 3. The molecule has 25 heavy (non-hydrogen) atoms. The smallest absolute Gasteiger partial charge is 0.325 e. The highest BCUT2D eigenvalue weighted by molar-refractivity contribution is 7.16. The van der Waals surface area contributed by atoms with Crippen LogP contribution in [0.25, 0.3) is 12.2 Å². The Kier molecular flexibility index (Phi) is 4.67. The Hall–Kier alpha value is -2.93. The number of amides is 2. The minimum atomic E-state index is -0.452. The van der Waals surface area contributed by atoms with Crippen LogP contribution in [0, 0.1) is 5.41 Å². The third-order valence-corrected chi connectivity index (χ3v) is 4.42. The van der Waals surface area contributed by atoms with E-state index in [9.17, 15) is 4.79 Å². The van der Waals surface area contributed by atoms with Crippen molar-refractivity contribution in [1.29, 1.82) is 0 Å². The molecule has 3 rings (SSSR count). The first-order chi connectivity index (χ1) is 11.9. The predicted octanol–water partition coefficient (Wildman–Crippen LogP) is 3.98. The summed E-state index contributed by atoms with van der Waals surface area (Å²) >= 11 is 1.42. The molecule has 1 heterocycles. The lowest BCUT2D eigenvalue weighted by Gasteiger charge is -2.12. The topological polar surface area (TPSA) is 92.4 Å². The van der Waals surface area contributed by atoms with E-state index in [4.69, 9.17) is 5.73 Å². The quantitative estimate of drug-likeness (QED) is 0.563. The second kappa shape index (κ2) is 6.90. The van der Waals surface area contributed by atoms with E-state index in [0.717, 1.165) is 10.6 Å². The summed E-state index contributed by atoms with van der Waals surface area (Å²) in [5.74, 6) is -0.00868. The molecule has 0 atom stereocenters. The second-order valence-electron chi connectivity index (χ2n) is 6.18. The number of thiazole rings is 1. The van der Waals surface area contributed by atoms with Gasteiger partial charge in [-0.1, -0.05) is 55.5 Å². The molecule has 1 aliphatic carbocycles. The Bertz CT molecular complexity index is 831. The van der Waals surface area contributed by atoms with Crippen molar-refractivity contribution >= 4 is 46.3 Å². The van der Waals surface area contributed by atoms with Crippen molar-refractivity contribution in [1.82, 2.24) is 10.3 Å². The van der Waals surface area contributed by atoms with E-state index in [-0.39, 0.29) is 11.4 Å². The van der Waals surface area contributed by atoms with Gasteiger partial charge in [-0.05, 0) is 24.3 Å². The van der Waals surface area contributed by atoms with Gasteiger partial charge in [0, 0.05) is 11.1 Å². The van der Waals surface area contributed by atoms with Gasteiger partial charge in [0.2, 0.25) is 11.1 Å². The molecule has 0 aliphatic heterocycles. The van der Waals surface area contributed by atoms with E-state index in [2.05, 4.69) is 46.6 Å². The summed E-state index contributed by atoms with van der Waals surface area (Å²) in [6.45, 7) is 4.26. The first-order valence-electron chi connectivity index (χ1n) is 7.78. The van der Waals surface area contributed by atoms with Crippen LogP contribution in [0.2, 0.25) is 0 Å². The third kappa shape index (κ3) is 4.54. The Labute approximate surface area is 150 Å². The number of anilines is 1. The summed E-state index contributed by atoms with van der Waals surface area (Å²) in [5.41, 5.74) is 7.33. The largest absolute Gasteiger partial charge is 0.369 e. The van der Waals surface area contributed by atoms with E-state index in [1.807, 2.05) is 30.4 Å². The Morgan fingerprint density at radius 1 is 1.20 bits per heavy atom. The number of fused-ring (bicyclic) bond motifs is 1. The van der Waals surface area contributed by atoms with Crippen LogP contribution >= 0.6 is 11.3 Å². The number of para-hydroxylation sites is 1. The van der Waals surface area contributed by atoms with E-state index < -0.39 is 6.03 Å². The summed E-state index contributed by atoms with van der Waals surface area (Å²) in [7, 11) is 0. The Morgan fingerprint density at radius 3 is 2.68 bits per heavy atom. The molecule has 0 saturated heterocycles. The Morgan fingerprint density at radius 2 is 1.92 bits per heavy atom. The number of rotatable bonds is 2. The Balaban J connectivity index is 1.68. The van der Waals surface area contributed by atoms with E-state index >= 15 is 0 Å². The predicted molar refractivity (Wildman–Crippen MR) is 104 cm³/mol. The maximum Gasteiger partial charge on any atom is 0.325 e. The normalized spacial score (nSPS) is 15.4. The zero-order chi connectivity index (χ0) is 17.9. The van der Waals surface area contributed by atoms with Crippen molar-refractivity contribution < 1.29 is 4.79 Å². The molecule has 4 N–H and O–H groups in total. The molecule has 6 nitrogen and oxygen atoms in total. The fourth-order valence-electron chi connectivity index (χ4n) is 2.19. The molecule has 128 valence electrons. The zero-order valence-corrected chi connectivity index (χ0v) is 14.8. The van der Waals surface area contributed by atoms with Crippen molar-refractivity contribution in [2.24, 2.45) is 16.1 Å². The van der Waals surface area contributed by atoms with Gasteiger partial charge in [-0.15, -0.1) is 0 Å². The van der Waals surface area contributed by atoms with Gasteiger partial charge in [-0.25, -0.2) is 9.78 Å². The van der Waals surface area contributed by atoms with Gasteiger partial charge in [-0.2, -0.15) is 4.99 Å². The summed E-state index contributed by atoms with van der Waals surface area (Å²) in [6, 6.07) is 8.65. The van der Waals surface area contributed by atoms with Crippen LogP contribution in [0.4, 0.5) is 15.6 Å². The lowest BCUT2D eigenvalue weighted by molar-refractivity contribution is 0.256. The highest BCUT2D eigenvalue weighted by Crippen LogP contribution is 2.33. The molecule has 1 aromatic carbocycles. The number of hydrogen-bond acceptors (Lipinski definition) is 4. The molecule has 2 amide bonds. The number of benzene rings is 1. The van der Waals surface area contributed by atoms with Crippen LogP contribution in [0.15, 0.2) is 47.5 Å². The minimum Gasteiger partial charge on any atom is -0.369 e. The van der Waals surface area contributed by atoms with Gasteiger partial charge in [-0.3, -0.25) is 5.32 Å². The van der Waals surface area contributed by atoms with Crippen LogP contribution in [0.3, 0.4) is 0 Å². The SMILES string of the molecule is CC1(C)C=Cc2nc(/N=C(\N)NC(=O)Nc3ccccc3)sc2C=C1. The van der Waals surface area contributed by atoms with Crippen LogP contribution in [0.1, 0.15) is 24.4 Å². The van der Waals surface area contributed by atoms with E-state index in [1.54, 1.807) is 12.1 Å². The third-order valence-electron chi connectivity index (χ3n) is 3.49. The zero-order valence-electron chi connectivity index (χ0n) is 14.0. The molecule has 0 fully saturated rings. The molecule has 0 spiro atoms. The van der Waals surface area contributed by atoms with E-state index in [1.165, 1.54) is 11.3 Å². The summed E-state index contributed by atoms with van der Waals surface area (Å²) < 4.78 is 0. The van der Waals surface area contributed by atoms with Crippen LogP contribution < -0.4 is 16.4 Å². The summed E-state index contributed by atoms with van der Waals surface area (Å²) in [4.78, 5) is 21.5. The molecule has 7 heteroatoms. The number of carbonyl (C=O) groups excluding carboxylic acids is 1.